The van der Waals surface area contributed by atoms with Crippen LogP contribution in [0, 0.1) is 5.92 Å². The maximum absolute atomic E-state index is 12.6. The van der Waals surface area contributed by atoms with E-state index in [9.17, 15) is 14.4 Å². The molecular weight excluding hydrogens is 440 g/mol. The van der Waals surface area contributed by atoms with E-state index < -0.39 is 6.04 Å². The second-order valence-corrected chi connectivity index (χ2v) is 10.3. The fraction of sp³-hybridized carbons (Fsp3) is 0.897. The van der Waals surface area contributed by atoms with Crippen LogP contribution in [0.25, 0.3) is 0 Å². The molecule has 0 aromatic rings. The molecule has 6 nitrogen and oxygen atoms in total. The molecule has 0 aliphatic heterocycles. The van der Waals surface area contributed by atoms with E-state index in [0.717, 1.165) is 51.4 Å². The molecule has 0 heterocycles. The molecular formula is C29H56N2O4. The highest BCUT2D eigenvalue weighted by Crippen LogP contribution is 2.12. The summed E-state index contributed by atoms with van der Waals surface area (Å²) in [4.78, 5) is 36.0. The van der Waals surface area contributed by atoms with Crippen molar-refractivity contribution in [1.29, 1.82) is 0 Å². The maximum atomic E-state index is 12.6. The molecule has 0 bridgehead atoms. The largest absolute Gasteiger partial charge is 0.469 e. The van der Waals surface area contributed by atoms with Crippen LogP contribution in [-0.2, 0) is 19.1 Å². The first kappa shape index (κ1) is 33.4. The predicted octanol–water partition coefficient (Wildman–Crippen LogP) is 6.85. The molecule has 0 rings (SSSR count). The van der Waals surface area contributed by atoms with Gasteiger partial charge in [0.2, 0.25) is 11.8 Å². The molecule has 0 saturated heterocycles. The van der Waals surface area contributed by atoms with Crippen molar-refractivity contribution >= 4 is 17.8 Å². The van der Waals surface area contributed by atoms with Crippen LogP contribution in [-0.4, -0.2) is 37.5 Å². The summed E-state index contributed by atoms with van der Waals surface area (Å²) in [5.74, 6) is -0.120. The number of amides is 2. The fourth-order valence-electron chi connectivity index (χ4n) is 4.26. The molecule has 6 heteroatoms. The standard InChI is InChI=1S/C29H56N2O4/c1-5-6-7-8-9-10-13-16-19-22-26(32)31-28(25(2)3)29(34)30-24-21-18-15-12-11-14-17-20-23-27(33)35-4/h25,28H,5-24H2,1-4H3,(H,30,34)(H,31,32)/t28-/m0/s1. The first-order valence-corrected chi connectivity index (χ1v) is 14.6. The first-order chi connectivity index (χ1) is 16.9. The summed E-state index contributed by atoms with van der Waals surface area (Å²) in [7, 11) is 1.43. The van der Waals surface area contributed by atoms with E-state index in [0.29, 0.717) is 19.4 Å². The van der Waals surface area contributed by atoms with Crippen molar-refractivity contribution in [2.24, 2.45) is 5.92 Å². The predicted molar refractivity (Wildman–Crippen MR) is 145 cm³/mol. The molecule has 0 spiro atoms. The summed E-state index contributed by atoms with van der Waals surface area (Å²) < 4.78 is 4.65. The van der Waals surface area contributed by atoms with Crippen molar-refractivity contribution in [2.45, 2.75) is 149 Å². The summed E-state index contributed by atoms with van der Waals surface area (Å²) in [5, 5.41) is 5.97. The Hall–Kier alpha value is -1.59. The summed E-state index contributed by atoms with van der Waals surface area (Å²) in [5.41, 5.74) is 0. The van der Waals surface area contributed by atoms with Crippen LogP contribution in [0.4, 0.5) is 0 Å². The molecule has 206 valence electrons. The average molecular weight is 497 g/mol. The lowest BCUT2D eigenvalue weighted by Gasteiger charge is -2.21. The van der Waals surface area contributed by atoms with Crippen molar-refractivity contribution in [3.05, 3.63) is 0 Å². The zero-order valence-electron chi connectivity index (χ0n) is 23.4. The number of carbonyl (C=O) groups excluding carboxylic acids is 3. The Morgan fingerprint density at radius 1 is 0.657 bits per heavy atom. The third-order valence-corrected chi connectivity index (χ3v) is 6.61. The summed E-state index contributed by atoms with van der Waals surface area (Å²) in [6, 6.07) is -0.453. The highest BCUT2D eigenvalue weighted by molar-refractivity contribution is 5.87. The van der Waals surface area contributed by atoms with E-state index in [1.807, 2.05) is 13.8 Å². The minimum Gasteiger partial charge on any atom is -0.469 e. The Labute approximate surface area is 216 Å². The Morgan fingerprint density at radius 2 is 1.11 bits per heavy atom. The Kier molecular flexibility index (Phi) is 23.0. The van der Waals surface area contributed by atoms with Gasteiger partial charge >= 0.3 is 5.97 Å². The molecule has 2 amide bonds. The van der Waals surface area contributed by atoms with Gasteiger partial charge in [-0.15, -0.1) is 0 Å². The van der Waals surface area contributed by atoms with Crippen molar-refractivity contribution in [3.63, 3.8) is 0 Å². The summed E-state index contributed by atoms with van der Waals surface area (Å²) in [6.45, 7) is 6.86. The van der Waals surface area contributed by atoms with Gasteiger partial charge in [0.25, 0.3) is 0 Å². The third-order valence-electron chi connectivity index (χ3n) is 6.61. The number of unbranched alkanes of at least 4 members (excludes halogenated alkanes) is 15. The van der Waals surface area contributed by atoms with Crippen molar-refractivity contribution in [1.82, 2.24) is 10.6 Å². The molecule has 2 N–H and O–H groups in total. The molecule has 1 atom stereocenters. The van der Waals surface area contributed by atoms with Crippen LogP contribution < -0.4 is 10.6 Å². The Morgan fingerprint density at radius 3 is 1.60 bits per heavy atom. The van der Waals surface area contributed by atoms with Gasteiger partial charge in [0.15, 0.2) is 0 Å². The average Bonchev–Trinajstić information content (AvgIpc) is 2.84. The van der Waals surface area contributed by atoms with E-state index in [2.05, 4.69) is 22.3 Å². The number of hydrogen-bond acceptors (Lipinski definition) is 4. The van der Waals surface area contributed by atoms with Crippen LogP contribution in [0.15, 0.2) is 0 Å². The third kappa shape index (κ3) is 21.4. The van der Waals surface area contributed by atoms with E-state index >= 15 is 0 Å². The zero-order valence-corrected chi connectivity index (χ0v) is 23.4. The lowest BCUT2D eigenvalue weighted by atomic mass is 10.0. The van der Waals surface area contributed by atoms with E-state index in [-0.39, 0.29) is 23.7 Å². The van der Waals surface area contributed by atoms with Crippen molar-refractivity contribution in [2.75, 3.05) is 13.7 Å². The minimum atomic E-state index is -0.453. The summed E-state index contributed by atoms with van der Waals surface area (Å²) in [6.07, 6.45) is 20.8. The lowest BCUT2D eigenvalue weighted by molar-refractivity contribution is -0.140. The second kappa shape index (κ2) is 24.1. The molecule has 0 aliphatic rings. The topological polar surface area (TPSA) is 84.5 Å². The van der Waals surface area contributed by atoms with E-state index in [1.165, 1.54) is 64.9 Å². The molecule has 0 fully saturated rings. The maximum Gasteiger partial charge on any atom is 0.305 e. The minimum absolute atomic E-state index is 0.00613. The molecule has 0 aromatic carbocycles. The van der Waals surface area contributed by atoms with Gasteiger partial charge in [0.05, 0.1) is 7.11 Å². The zero-order chi connectivity index (χ0) is 26.2. The quantitative estimate of drug-likeness (QED) is 0.113. The number of rotatable bonds is 24. The van der Waals surface area contributed by atoms with Gasteiger partial charge < -0.3 is 15.4 Å². The van der Waals surface area contributed by atoms with Gasteiger partial charge in [0, 0.05) is 19.4 Å². The highest BCUT2D eigenvalue weighted by Gasteiger charge is 2.23. The van der Waals surface area contributed by atoms with E-state index in [4.69, 9.17) is 0 Å². The SMILES string of the molecule is CCCCCCCCCCCC(=O)N[C@H](C(=O)NCCCCCCCCCCC(=O)OC)C(C)C. The smallest absolute Gasteiger partial charge is 0.305 e. The van der Waals surface area contributed by atoms with Gasteiger partial charge in [-0.1, -0.05) is 111 Å². The molecule has 0 radical (unpaired) electrons. The normalized spacial score (nSPS) is 11.9. The number of methoxy groups -OCH3 is 1. The monoisotopic (exact) mass is 496 g/mol. The van der Waals surface area contributed by atoms with Crippen LogP contribution >= 0.6 is 0 Å². The van der Waals surface area contributed by atoms with Crippen LogP contribution in [0.5, 0.6) is 0 Å². The fourth-order valence-corrected chi connectivity index (χ4v) is 4.26. The lowest BCUT2D eigenvalue weighted by Crippen LogP contribution is -2.49. The van der Waals surface area contributed by atoms with Gasteiger partial charge in [0.1, 0.15) is 6.04 Å². The second-order valence-electron chi connectivity index (χ2n) is 10.3. The van der Waals surface area contributed by atoms with Gasteiger partial charge in [-0.25, -0.2) is 0 Å². The van der Waals surface area contributed by atoms with Crippen LogP contribution in [0.2, 0.25) is 0 Å². The Balaban J connectivity index is 3.78. The summed E-state index contributed by atoms with van der Waals surface area (Å²) >= 11 is 0. The van der Waals surface area contributed by atoms with Crippen LogP contribution in [0.1, 0.15) is 143 Å². The molecule has 0 unspecified atom stereocenters. The number of carbonyl (C=O) groups is 3. The van der Waals surface area contributed by atoms with Gasteiger partial charge in [-0.2, -0.15) is 0 Å². The van der Waals surface area contributed by atoms with Gasteiger partial charge in [-0.3, -0.25) is 14.4 Å². The molecule has 0 aromatic heterocycles. The molecule has 0 saturated carbocycles. The number of esters is 1. The Bertz CT molecular complexity index is 537. The number of ether oxygens (including phenoxy) is 1. The van der Waals surface area contributed by atoms with Crippen molar-refractivity contribution in [3.8, 4) is 0 Å². The van der Waals surface area contributed by atoms with Crippen LogP contribution in [0.3, 0.4) is 0 Å². The number of hydrogen-bond donors (Lipinski definition) is 2. The van der Waals surface area contributed by atoms with E-state index in [1.54, 1.807) is 0 Å². The molecule has 0 aliphatic carbocycles. The van der Waals surface area contributed by atoms with Gasteiger partial charge in [-0.05, 0) is 25.2 Å². The van der Waals surface area contributed by atoms with Crippen molar-refractivity contribution < 1.29 is 19.1 Å². The highest BCUT2D eigenvalue weighted by atomic mass is 16.5. The first-order valence-electron chi connectivity index (χ1n) is 14.6. The number of nitrogens with one attached hydrogen (secondary N) is 2. The molecule has 35 heavy (non-hydrogen) atoms.